The number of benzene rings is 2. The third-order valence-electron chi connectivity index (χ3n) is 4.11. The van der Waals surface area contributed by atoms with E-state index in [0.717, 1.165) is 24.3 Å². The van der Waals surface area contributed by atoms with Crippen molar-refractivity contribution in [3.63, 3.8) is 0 Å². The molecular weight excluding hydrogens is 385 g/mol. The van der Waals surface area contributed by atoms with Gasteiger partial charge in [0, 0.05) is 23.4 Å². The van der Waals surface area contributed by atoms with Gasteiger partial charge in [0.25, 0.3) is 0 Å². The van der Waals surface area contributed by atoms with Crippen molar-refractivity contribution < 1.29 is 31.4 Å². The smallest absolute Gasteiger partial charge is 0.385 e. The Bertz CT molecular complexity index is 1110. The van der Waals surface area contributed by atoms with Gasteiger partial charge in [-0.1, -0.05) is 6.58 Å². The van der Waals surface area contributed by atoms with Crippen LogP contribution in [0.5, 0.6) is 11.5 Å². The summed E-state index contributed by atoms with van der Waals surface area (Å²) in [6, 6.07) is 6.43. The Morgan fingerprint density at radius 2 is 1.96 bits per heavy atom. The number of sulfone groups is 1. The molecule has 1 aliphatic rings. The molecule has 27 heavy (non-hydrogen) atoms. The van der Waals surface area contributed by atoms with Gasteiger partial charge in [-0.3, -0.25) is 0 Å². The number of hydrogen-bond acceptors (Lipinski definition) is 6. The SMILES string of the molecule is C=CC1(O)c2c(ccc(Oc3cc(N)cc(F)c3)c2C#N)S(=O)(=O)C1(F)F. The minimum atomic E-state index is -5.28. The summed E-state index contributed by atoms with van der Waals surface area (Å²) in [6.07, 6.45) is 0.348. The monoisotopic (exact) mass is 396 g/mol. The molecule has 0 amide bonds. The standard InChI is InChI=1S/C17H11F3N2O4S/c1-2-16(23)15-12(8-21)13(26-11-6-9(18)5-10(22)7-11)3-4-14(15)27(24,25)17(16,19)20/h2-7,23H,1,22H2. The third kappa shape index (κ3) is 2.39. The van der Waals surface area contributed by atoms with Gasteiger partial charge in [0.2, 0.25) is 9.84 Å². The number of rotatable bonds is 3. The highest BCUT2D eigenvalue weighted by molar-refractivity contribution is 7.93. The minimum Gasteiger partial charge on any atom is -0.456 e. The minimum absolute atomic E-state index is 0.00127. The lowest BCUT2D eigenvalue weighted by Crippen LogP contribution is -2.43. The predicted molar refractivity (Wildman–Crippen MR) is 88.3 cm³/mol. The number of nitrogens with zero attached hydrogens (tertiary/aromatic N) is 1. The van der Waals surface area contributed by atoms with Gasteiger partial charge in [0.15, 0.2) is 5.60 Å². The lowest BCUT2D eigenvalue weighted by atomic mass is 9.90. The number of anilines is 1. The van der Waals surface area contributed by atoms with Crippen molar-refractivity contribution in [3.05, 3.63) is 59.9 Å². The van der Waals surface area contributed by atoms with Crippen LogP contribution < -0.4 is 10.5 Å². The molecule has 140 valence electrons. The van der Waals surface area contributed by atoms with Crippen molar-refractivity contribution >= 4 is 15.5 Å². The molecule has 0 aliphatic carbocycles. The molecule has 1 heterocycles. The Balaban J connectivity index is 2.28. The number of aliphatic hydroxyl groups is 1. The topological polar surface area (TPSA) is 113 Å². The van der Waals surface area contributed by atoms with Crippen LogP contribution in [0.25, 0.3) is 0 Å². The van der Waals surface area contributed by atoms with E-state index >= 15 is 0 Å². The number of fused-ring (bicyclic) bond motifs is 1. The van der Waals surface area contributed by atoms with Crippen LogP contribution in [0.3, 0.4) is 0 Å². The molecule has 0 aromatic heterocycles. The number of ether oxygens (including phenoxy) is 1. The zero-order valence-corrected chi connectivity index (χ0v) is 14.2. The first kappa shape index (κ1) is 18.8. The van der Waals surface area contributed by atoms with Gasteiger partial charge in [-0.15, -0.1) is 0 Å². The van der Waals surface area contributed by atoms with Crippen molar-refractivity contribution in [1.82, 2.24) is 0 Å². The van der Waals surface area contributed by atoms with E-state index in [2.05, 4.69) is 6.58 Å². The molecule has 0 bridgehead atoms. The van der Waals surface area contributed by atoms with Crippen molar-refractivity contribution in [2.45, 2.75) is 15.8 Å². The first-order chi connectivity index (χ1) is 12.5. The molecule has 0 spiro atoms. The van der Waals surface area contributed by atoms with E-state index in [1.54, 1.807) is 6.07 Å². The molecule has 1 unspecified atom stereocenters. The zero-order chi connectivity index (χ0) is 20.2. The van der Waals surface area contributed by atoms with E-state index in [-0.39, 0.29) is 17.2 Å². The number of hydrogen-bond donors (Lipinski definition) is 2. The molecule has 0 fully saturated rings. The van der Waals surface area contributed by atoms with E-state index in [1.165, 1.54) is 6.07 Å². The van der Waals surface area contributed by atoms with Crippen molar-refractivity contribution in [2.24, 2.45) is 0 Å². The Hall–Kier alpha value is -3.03. The molecular formula is C17H11F3N2O4S. The lowest BCUT2D eigenvalue weighted by molar-refractivity contribution is -0.0939. The summed E-state index contributed by atoms with van der Waals surface area (Å²) >= 11 is 0. The zero-order valence-electron chi connectivity index (χ0n) is 13.4. The molecule has 2 aromatic carbocycles. The van der Waals surface area contributed by atoms with E-state index < -0.39 is 42.5 Å². The largest absolute Gasteiger partial charge is 0.456 e. The fraction of sp³-hybridized carbons (Fsp3) is 0.118. The first-order valence-corrected chi connectivity index (χ1v) is 8.78. The Morgan fingerprint density at radius 1 is 1.30 bits per heavy atom. The molecule has 1 atom stereocenters. The number of nitrogen functional groups attached to an aromatic ring is 1. The lowest BCUT2D eigenvalue weighted by Gasteiger charge is -2.25. The molecule has 6 nitrogen and oxygen atoms in total. The average molecular weight is 396 g/mol. The van der Waals surface area contributed by atoms with Gasteiger partial charge in [-0.05, 0) is 24.3 Å². The molecule has 10 heteroatoms. The molecule has 1 aliphatic heterocycles. The molecule has 3 rings (SSSR count). The van der Waals surface area contributed by atoms with Gasteiger partial charge in [0.05, 0.1) is 4.90 Å². The normalized spacial score (nSPS) is 21.9. The number of nitriles is 1. The fourth-order valence-electron chi connectivity index (χ4n) is 2.84. The van der Waals surface area contributed by atoms with E-state index in [9.17, 15) is 32.0 Å². The van der Waals surface area contributed by atoms with E-state index in [1.807, 2.05) is 0 Å². The second-order valence-corrected chi connectivity index (χ2v) is 7.70. The number of nitrogens with two attached hydrogens (primary N) is 1. The maximum absolute atomic E-state index is 14.4. The predicted octanol–water partition coefficient (Wildman–Crippen LogP) is 2.83. The molecule has 2 aromatic rings. The van der Waals surface area contributed by atoms with Crippen molar-refractivity contribution in [1.29, 1.82) is 5.26 Å². The van der Waals surface area contributed by atoms with Crippen LogP contribution in [0.4, 0.5) is 18.9 Å². The summed E-state index contributed by atoms with van der Waals surface area (Å²) in [4.78, 5) is -0.919. The molecule has 0 saturated heterocycles. The maximum atomic E-state index is 14.4. The fourth-order valence-corrected chi connectivity index (χ4v) is 4.49. The van der Waals surface area contributed by atoms with Gasteiger partial charge >= 0.3 is 5.25 Å². The van der Waals surface area contributed by atoms with Crippen molar-refractivity contribution in [3.8, 4) is 17.6 Å². The van der Waals surface area contributed by atoms with Gasteiger partial charge in [-0.2, -0.15) is 14.0 Å². The van der Waals surface area contributed by atoms with Crippen LogP contribution >= 0.6 is 0 Å². The van der Waals surface area contributed by atoms with Gasteiger partial charge in [-0.25, -0.2) is 12.8 Å². The number of alkyl halides is 2. The molecule has 0 radical (unpaired) electrons. The Labute approximate surface area is 151 Å². The highest BCUT2D eigenvalue weighted by atomic mass is 32.2. The first-order valence-electron chi connectivity index (χ1n) is 7.29. The summed E-state index contributed by atoms with van der Waals surface area (Å²) in [5.74, 6) is -1.27. The molecule has 3 N–H and O–H groups in total. The van der Waals surface area contributed by atoms with E-state index in [0.29, 0.717) is 6.08 Å². The number of halogens is 3. The molecule has 0 saturated carbocycles. The van der Waals surface area contributed by atoms with Gasteiger partial charge in [0.1, 0.15) is 28.9 Å². The van der Waals surface area contributed by atoms with Crippen LogP contribution in [0.1, 0.15) is 11.1 Å². The second-order valence-electron chi connectivity index (χ2n) is 5.74. The Kier molecular flexibility index (Phi) is 3.98. The second kappa shape index (κ2) is 5.73. The van der Waals surface area contributed by atoms with Crippen LogP contribution in [0.15, 0.2) is 47.9 Å². The highest BCUT2D eigenvalue weighted by Crippen LogP contribution is 2.56. The van der Waals surface area contributed by atoms with E-state index in [4.69, 9.17) is 10.5 Å². The summed E-state index contributed by atoms with van der Waals surface area (Å²) in [6.45, 7) is 3.08. The quantitative estimate of drug-likeness (QED) is 0.609. The summed E-state index contributed by atoms with van der Waals surface area (Å²) in [5.41, 5.74) is 0.644. The average Bonchev–Trinajstić information content (AvgIpc) is 2.70. The summed E-state index contributed by atoms with van der Waals surface area (Å²) < 4.78 is 71.9. The highest BCUT2D eigenvalue weighted by Gasteiger charge is 2.70. The van der Waals surface area contributed by atoms with Crippen LogP contribution in [0, 0.1) is 17.1 Å². The summed E-state index contributed by atoms with van der Waals surface area (Å²) in [7, 11) is -5.28. The maximum Gasteiger partial charge on any atom is 0.385 e. The van der Waals surface area contributed by atoms with Crippen LogP contribution in [-0.2, 0) is 15.4 Å². The summed E-state index contributed by atoms with van der Waals surface area (Å²) in [5, 5.41) is 15.2. The third-order valence-corrected chi connectivity index (χ3v) is 6.01. The van der Waals surface area contributed by atoms with Crippen LogP contribution in [0.2, 0.25) is 0 Å². The van der Waals surface area contributed by atoms with Crippen molar-refractivity contribution in [2.75, 3.05) is 5.73 Å². The van der Waals surface area contributed by atoms with Crippen LogP contribution in [-0.4, -0.2) is 18.8 Å². The Morgan fingerprint density at radius 3 is 2.52 bits per heavy atom. The van der Waals surface area contributed by atoms with Gasteiger partial charge < -0.3 is 15.6 Å².